The van der Waals surface area contributed by atoms with E-state index >= 15 is 0 Å². The van der Waals surface area contributed by atoms with E-state index in [1.165, 1.54) is 17.0 Å². The number of likely N-dealkylation sites (tertiary alicyclic amines) is 1. The highest BCUT2D eigenvalue weighted by molar-refractivity contribution is 5.86. The lowest BCUT2D eigenvalue weighted by Crippen LogP contribution is -2.59. The van der Waals surface area contributed by atoms with Gasteiger partial charge in [0.1, 0.15) is 0 Å². The van der Waals surface area contributed by atoms with Gasteiger partial charge in [-0.1, -0.05) is 26.0 Å². The molecule has 4 nitrogen and oxygen atoms in total. The molecule has 2 fully saturated rings. The minimum atomic E-state index is -1.48. The Kier molecular flexibility index (Phi) is 5.35. The van der Waals surface area contributed by atoms with Gasteiger partial charge in [0, 0.05) is 30.7 Å². The van der Waals surface area contributed by atoms with E-state index in [0.717, 1.165) is 25.3 Å². The van der Waals surface area contributed by atoms with Crippen LogP contribution in [0.4, 0.5) is 8.78 Å². The summed E-state index contributed by atoms with van der Waals surface area (Å²) < 4.78 is 27.3. The average molecular weight is 366 g/mol. The lowest BCUT2D eigenvalue weighted by Gasteiger charge is -2.39. The number of rotatable bonds is 7. The molecule has 1 aliphatic carbocycles. The summed E-state index contributed by atoms with van der Waals surface area (Å²) in [6.07, 6.45) is 4.17. The van der Waals surface area contributed by atoms with E-state index < -0.39 is 23.1 Å². The van der Waals surface area contributed by atoms with Gasteiger partial charge in [0.25, 0.3) is 5.91 Å². The van der Waals surface area contributed by atoms with Crippen molar-refractivity contribution in [3.8, 4) is 0 Å². The first-order valence-corrected chi connectivity index (χ1v) is 9.44. The standard InChI is InChI=1S/C20H28F2N2O2/c1-14(2)11-19(8-9-19)23-13-20(26)7-4-10-24(18(20)25)12-15-5-3-6-16(21)17(15)22/h3,5-6,14,23,26H,4,7-13H2,1-2H3. The van der Waals surface area contributed by atoms with Crippen LogP contribution in [0, 0.1) is 17.6 Å². The zero-order valence-corrected chi connectivity index (χ0v) is 15.5. The summed E-state index contributed by atoms with van der Waals surface area (Å²) >= 11 is 0. The SMILES string of the molecule is CC(C)CC1(NCC2(O)CCCN(Cc3cccc(F)c3F)C2=O)CC1. The number of carbonyl (C=O) groups is 1. The molecule has 1 atom stereocenters. The minimum Gasteiger partial charge on any atom is -0.379 e. The van der Waals surface area contributed by atoms with Crippen molar-refractivity contribution in [1.82, 2.24) is 10.2 Å². The van der Waals surface area contributed by atoms with Gasteiger partial charge in [-0.3, -0.25) is 4.79 Å². The van der Waals surface area contributed by atoms with Gasteiger partial charge in [-0.05, 0) is 44.1 Å². The third-order valence-corrected chi connectivity index (χ3v) is 5.50. The molecule has 1 aromatic rings. The van der Waals surface area contributed by atoms with Crippen LogP contribution in [-0.4, -0.2) is 40.1 Å². The number of piperidine rings is 1. The van der Waals surface area contributed by atoms with Crippen LogP contribution >= 0.6 is 0 Å². The molecule has 1 aliphatic heterocycles. The largest absolute Gasteiger partial charge is 0.379 e. The lowest BCUT2D eigenvalue weighted by molar-refractivity contribution is -0.157. The molecule has 144 valence electrons. The molecule has 6 heteroatoms. The van der Waals surface area contributed by atoms with Crippen molar-refractivity contribution in [2.24, 2.45) is 5.92 Å². The molecule has 3 rings (SSSR count). The molecule has 1 saturated heterocycles. The number of nitrogens with one attached hydrogen (secondary N) is 1. The Bertz CT molecular complexity index is 676. The normalized spacial score (nSPS) is 25.0. The van der Waals surface area contributed by atoms with Crippen molar-refractivity contribution in [2.45, 2.75) is 63.6 Å². The fourth-order valence-electron chi connectivity index (χ4n) is 3.98. The molecule has 2 aliphatic rings. The highest BCUT2D eigenvalue weighted by Crippen LogP contribution is 2.41. The quantitative estimate of drug-likeness (QED) is 0.780. The molecule has 0 radical (unpaired) electrons. The van der Waals surface area contributed by atoms with Crippen LogP contribution in [0.15, 0.2) is 18.2 Å². The predicted molar refractivity (Wildman–Crippen MR) is 95.4 cm³/mol. The molecule has 1 amide bonds. The van der Waals surface area contributed by atoms with E-state index in [4.69, 9.17) is 0 Å². The number of benzene rings is 1. The molecular weight excluding hydrogens is 338 g/mol. The molecule has 1 unspecified atom stereocenters. The van der Waals surface area contributed by atoms with Crippen LogP contribution in [0.2, 0.25) is 0 Å². The first kappa shape index (κ1) is 19.2. The van der Waals surface area contributed by atoms with Gasteiger partial charge in [0.05, 0.1) is 0 Å². The van der Waals surface area contributed by atoms with Gasteiger partial charge in [0.2, 0.25) is 0 Å². The number of β-amino-alcohol motifs (C(OH)–C–C–N with tert-alkyl or cyclic N) is 1. The molecule has 0 aromatic heterocycles. The first-order valence-electron chi connectivity index (χ1n) is 9.44. The number of hydrogen-bond donors (Lipinski definition) is 2. The topological polar surface area (TPSA) is 52.6 Å². The highest BCUT2D eigenvalue weighted by atomic mass is 19.2. The summed E-state index contributed by atoms with van der Waals surface area (Å²) in [6, 6.07) is 3.96. The van der Waals surface area contributed by atoms with E-state index in [0.29, 0.717) is 25.3 Å². The number of amides is 1. The first-order chi connectivity index (χ1) is 12.2. The van der Waals surface area contributed by atoms with Gasteiger partial charge in [-0.25, -0.2) is 8.78 Å². The second kappa shape index (κ2) is 7.24. The van der Waals surface area contributed by atoms with Crippen LogP contribution in [-0.2, 0) is 11.3 Å². The van der Waals surface area contributed by atoms with Gasteiger partial charge in [-0.15, -0.1) is 0 Å². The zero-order chi connectivity index (χ0) is 18.9. The third-order valence-electron chi connectivity index (χ3n) is 5.50. The highest BCUT2D eigenvalue weighted by Gasteiger charge is 2.47. The summed E-state index contributed by atoms with van der Waals surface area (Å²) in [7, 11) is 0. The maximum atomic E-state index is 13.9. The molecule has 0 spiro atoms. The average Bonchev–Trinajstić information content (AvgIpc) is 3.34. The predicted octanol–water partition coefficient (Wildman–Crippen LogP) is 2.99. The number of carbonyl (C=O) groups excluding carboxylic acids is 1. The van der Waals surface area contributed by atoms with E-state index in [1.807, 2.05) is 0 Å². The van der Waals surface area contributed by atoms with Crippen LogP contribution in [0.5, 0.6) is 0 Å². The molecule has 2 N–H and O–H groups in total. The fourth-order valence-corrected chi connectivity index (χ4v) is 3.98. The van der Waals surface area contributed by atoms with Crippen LogP contribution < -0.4 is 5.32 Å². The van der Waals surface area contributed by atoms with Crippen molar-refractivity contribution >= 4 is 5.91 Å². The monoisotopic (exact) mass is 366 g/mol. The van der Waals surface area contributed by atoms with Crippen molar-refractivity contribution in [2.75, 3.05) is 13.1 Å². The van der Waals surface area contributed by atoms with E-state index in [2.05, 4.69) is 19.2 Å². The summed E-state index contributed by atoms with van der Waals surface area (Å²) in [6.45, 7) is 4.95. The van der Waals surface area contributed by atoms with E-state index in [1.54, 1.807) is 0 Å². The Morgan fingerprint density at radius 2 is 2.00 bits per heavy atom. The number of aliphatic hydroxyl groups is 1. The molecule has 26 heavy (non-hydrogen) atoms. The van der Waals surface area contributed by atoms with Crippen LogP contribution in [0.3, 0.4) is 0 Å². The van der Waals surface area contributed by atoms with Crippen molar-refractivity contribution in [1.29, 1.82) is 0 Å². The molecule has 1 aromatic carbocycles. The minimum absolute atomic E-state index is 0.0259. The summed E-state index contributed by atoms with van der Waals surface area (Å²) in [5.41, 5.74) is -1.30. The molecular formula is C20H28F2N2O2. The Labute approximate surface area is 153 Å². The van der Waals surface area contributed by atoms with Crippen LogP contribution in [0.25, 0.3) is 0 Å². The van der Waals surface area contributed by atoms with Gasteiger partial charge >= 0.3 is 0 Å². The summed E-state index contributed by atoms with van der Waals surface area (Å²) in [4.78, 5) is 14.3. The second-order valence-electron chi connectivity index (χ2n) is 8.31. The van der Waals surface area contributed by atoms with E-state index in [9.17, 15) is 18.7 Å². The zero-order valence-electron chi connectivity index (χ0n) is 15.5. The molecule has 1 heterocycles. The Morgan fingerprint density at radius 3 is 2.65 bits per heavy atom. The Balaban J connectivity index is 1.66. The summed E-state index contributed by atoms with van der Waals surface area (Å²) in [5.74, 6) is -1.70. The van der Waals surface area contributed by atoms with Gasteiger partial charge < -0.3 is 15.3 Å². The maximum absolute atomic E-state index is 13.9. The van der Waals surface area contributed by atoms with Gasteiger partial charge in [0.15, 0.2) is 17.2 Å². The van der Waals surface area contributed by atoms with Crippen LogP contribution in [0.1, 0.15) is 51.5 Å². The molecule has 0 bridgehead atoms. The maximum Gasteiger partial charge on any atom is 0.256 e. The fraction of sp³-hybridized carbons (Fsp3) is 0.650. The molecule has 1 saturated carbocycles. The second-order valence-corrected chi connectivity index (χ2v) is 8.31. The summed E-state index contributed by atoms with van der Waals surface area (Å²) in [5, 5.41) is 14.3. The van der Waals surface area contributed by atoms with Crippen molar-refractivity contribution in [3.05, 3.63) is 35.4 Å². The van der Waals surface area contributed by atoms with Crippen molar-refractivity contribution in [3.63, 3.8) is 0 Å². The number of halogens is 2. The van der Waals surface area contributed by atoms with Crippen molar-refractivity contribution < 1.29 is 18.7 Å². The van der Waals surface area contributed by atoms with E-state index in [-0.39, 0.29) is 24.2 Å². The number of nitrogens with zero attached hydrogens (tertiary/aromatic N) is 1. The van der Waals surface area contributed by atoms with Gasteiger partial charge in [-0.2, -0.15) is 0 Å². The Morgan fingerprint density at radius 1 is 1.27 bits per heavy atom. The number of hydrogen-bond acceptors (Lipinski definition) is 3. The Hall–Kier alpha value is -1.53. The smallest absolute Gasteiger partial charge is 0.256 e. The lowest BCUT2D eigenvalue weighted by atomic mass is 9.90. The third kappa shape index (κ3) is 4.07.